The SMILES string of the molecule is O=C(Nc1ncccn1)c1ccc2nccn2c1. The fraction of sp³-hybridized carbons (Fsp3) is 0. The second-order valence-electron chi connectivity index (χ2n) is 3.64. The maximum absolute atomic E-state index is 12.0. The number of rotatable bonds is 2. The molecule has 3 rings (SSSR count). The van der Waals surface area contributed by atoms with Gasteiger partial charge in [-0.05, 0) is 18.2 Å². The van der Waals surface area contributed by atoms with Gasteiger partial charge in [-0.25, -0.2) is 15.0 Å². The van der Waals surface area contributed by atoms with Crippen molar-refractivity contribution in [2.75, 3.05) is 5.32 Å². The number of carbonyl (C=O) groups is 1. The Balaban J connectivity index is 1.87. The molecular formula is C12H9N5O. The molecule has 1 N–H and O–H groups in total. The minimum absolute atomic E-state index is 0.253. The highest BCUT2D eigenvalue weighted by Crippen LogP contribution is 2.06. The van der Waals surface area contributed by atoms with Gasteiger partial charge in [0.1, 0.15) is 5.65 Å². The number of nitrogens with one attached hydrogen (secondary N) is 1. The molecule has 88 valence electrons. The second kappa shape index (κ2) is 4.25. The van der Waals surface area contributed by atoms with Crippen LogP contribution in [0.4, 0.5) is 5.95 Å². The Morgan fingerprint density at radius 2 is 1.94 bits per heavy atom. The molecule has 0 saturated carbocycles. The van der Waals surface area contributed by atoms with Crippen LogP contribution in [0.3, 0.4) is 0 Å². The van der Waals surface area contributed by atoms with Gasteiger partial charge in [0.15, 0.2) is 0 Å². The van der Waals surface area contributed by atoms with Crippen LogP contribution in [0.1, 0.15) is 10.4 Å². The van der Waals surface area contributed by atoms with E-state index in [-0.39, 0.29) is 11.9 Å². The van der Waals surface area contributed by atoms with E-state index in [4.69, 9.17) is 0 Å². The van der Waals surface area contributed by atoms with Crippen molar-refractivity contribution in [1.29, 1.82) is 0 Å². The second-order valence-corrected chi connectivity index (χ2v) is 3.64. The number of aromatic nitrogens is 4. The molecule has 0 aromatic carbocycles. The van der Waals surface area contributed by atoms with Gasteiger partial charge in [-0.15, -0.1) is 0 Å². The van der Waals surface area contributed by atoms with Crippen LogP contribution >= 0.6 is 0 Å². The summed E-state index contributed by atoms with van der Waals surface area (Å²) in [5.74, 6) is 0.0324. The van der Waals surface area contributed by atoms with Crippen LogP contribution in [-0.4, -0.2) is 25.3 Å². The minimum atomic E-state index is -0.253. The summed E-state index contributed by atoms with van der Waals surface area (Å²) in [6, 6.07) is 5.18. The first-order chi connectivity index (χ1) is 8.83. The number of imidazole rings is 1. The van der Waals surface area contributed by atoms with E-state index in [1.807, 2.05) is 0 Å². The maximum atomic E-state index is 12.0. The van der Waals surface area contributed by atoms with Gasteiger partial charge < -0.3 is 4.40 Å². The lowest BCUT2D eigenvalue weighted by Crippen LogP contribution is -2.14. The maximum Gasteiger partial charge on any atom is 0.259 e. The van der Waals surface area contributed by atoms with Crippen LogP contribution in [-0.2, 0) is 0 Å². The molecule has 0 saturated heterocycles. The van der Waals surface area contributed by atoms with E-state index in [0.29, 0.717) is 5.56 Å². The lowest BCUT2D eigenvalue weighted by molar-refractivity contribution is 0.102. The lowest BCUT2D eigenvalue weighted by atomic mass is 10.2. The molecule has 3 aromatic rings. The zero-order chi connectivity index (χ0) is 12.4. The average Bonchev–Trinajstić information content (AvgIpc) is 2.87. The highest BCUT2D eigenvalue weighted by molar-refractivity contribution is 6.03. The molecule has 1 amide bonds. The molecule has 0 aliphatic heterocycles. The van der Waals surface area contributed by atoms with Crippen LogP contribution in [0.15, 0.2) is 49.2 Å². The van der Waals surface area contributed by atoms with E-state index in [2.05, 4.69) is 20.3 Å². The average molecular weight is 239 g/mol. The number of hydrogen-bond acceptors (Lipinski definition) is 4. The first-order valence-electron chi connectivity index (χ1n) is 5.34. The van der Waals surface area contributed by atoms with Crippen molar-refractivity contribution >= 4 is 17.5 Å². The molecular weight excluding hydrogens is 230 g/mol. The zero-order valence-electron chi connectivity index (χ0n) is 9.32. The van der Waals surface area contributed by atoms with Crippen molar-refractivity contribution in [3.63, 3.8) is 0 Å². The highest BCUT2D eigenvalue weighted by atomic mass is 16.1. The monoisotopic (exact) mass is 239 g/mol. The molecule has 0 spiro atoms. The van der Waals surface area contributed by atoms with Crippen molar-refractivity contribution in [3.05, 3.63) is 54.7 Å². The Labute approximate surface area is 102 Å². The Hall–Kier alpha value is -2.76. The van der Waals surface area contributed by atoms with Gasteiger partial charge in [0, 0.05) is 31.0 Å². The third-order valence-electron chi connectivity index (χ3n) is 2.44. The van der Waals surface area contributed by atoms with Gasteiger partial charge in [-0.1, -0.05) is 0 Å². The van der Waals surface area contributed by atoms with Gasteiger partial charge in [0.05, 0.1) is 5.56 Å². The van der Waals surface area contributed by atoms with Crippen molar-refractivity contribution in [2.45, 2.75) is 0 Å². The molecule has 0 unspecified atom stereocenters. The Bertz CT molecular complexity index is 692. The first kappa shape index (κ1) is 10.4. The third kappa shape index (κ3) is 1.91. The van der Waals surface area contributed by atoms with Crippen LogP contribution in [0.25, 0.3) is 5.65 Å². The van der Waals surface area contributed by atoms with Crippen LogP contribution in [0.2, 0.25) is 0 Å². The van der Waals surface area contributed by atoms with Crippen molar-refractivity contribution in [2.24, 2.45) is 0 Å². The normalized spacial score (nSPS) is 10.4. The lowest BCUT2D eigenvalue weighted by Gasteiger charge is -2.03. The van der Waals surface area contributed by atoms with E-state index in [1.54, 1.807) is 53.6 Å². The summed E-state index contributed by atoms with van der Waals surface area (Å²) in [5, 5.41) is 2.62. The molecule has 0 bridgehead atoms. The fourth-order valence-corrected chi connectivity index (χ4v) is 1.59. The highest BCUT2D eigenvalue weighted by Gasteiger charge is 2.08. The molecule has 6 nitrogen and oxygen atoms in total. The number of anilines is 1. The number of hydrogen-bond donors (Lipinski definition) is 1. The van der Waals surface area contributed by atoms with Crippen LogP contribution < -0.4 is 5.32 Å². The number of fused-ring (bicyclic) bond motifs is 1. The van der Waals surface area contributed by atoms with Crippen LogP contribution in [0, 0.1) is 0 Å². The Morgan fingerprint density at radius 3 is 2.78 bits per heavy atom. The zero-order valence-corrected chi connectivity index (χ0v) is 9.32. The van der Waals surface area contributed by atoms with E-state index < -0.39 is 0 Å². The molecule has 6 heteroatoms. The third-order valence-corrected chi connectivity index (χ3v) is 2.44. The van der Waals surface area contributed by atoms with E-state index >= 15 is 0 Å². The molecule has 3 heterocycles. The van der Waals surface area contributed by atoms with Gasteiger partial charge in [-0.3, -0.25) is 10.1 Å². The quantitative estimate of drug-likeness (QED) is 0.733. The number of carbonyl (C=O) groups excluding carboxylic acids is 1. The van der Waals surface area contributed by atoms with Gasteiger partial charge in [-0.2, -0.15) is 0 Å². The largest absolute Gasteiger partial charge is 0.306 e. The van der Waals surface area contributed by atoms with Crippen molar-refractivity contribution in [3.8, 4) is 0 Å². The number of nitrogens with zero attached hydrogens (tertiary/aromatic N) is 4. The summed E-state index contributed by atoms with van der Waals surface area (Å²) < 4.78 is 1.78. The summed E-state index contributed by atoms with van der Waals surface area (Å²) in [5.41, 5.74) is 1.32. The summed E-state index contributed by atoms with van der Waals surface area (Å²) >= 11 is 0. The summed E-state index contributed by atoms with van der Waals surface area (Å²) in [4.78, 5) is 23.9. The van der Waals surface area contributed by atoms with Crippen LogP contribution in [0.5, 0.6) is 0 Å². The summed E-state index contributed by atoms with van der Waals surface area (Å²) in [6.07, 6.45) is 8.31. The van der Waals surface area contributed by atoms with E-state index in [0.717, 1.165) is 5.65 Å². The molecule has 0 atom stereocenters. The molecule has 3 aromatic heterocycles. The fourth-order valence-electron chi connectivity index (χ4n) is 1.59. The number of pyridine rings is 1. The Morgan fingerprint density at radius 1 is 1.11 bits per heavy atom. The summed E-state index contributed by atoms with van der Waals surface area (Å²) in [6.45, 7) is 0. The van der Waals surface area contributed by atoms with E-state index in [1.165, 1.54) is 0 Å². The molecule has 0 fully saturated rings. The standard InChI is InChI=1S/C12H9N5O/c18-11(16-12-14-4-1-5-15-12)9-2-3-10-13-6-7-17(10)8-9/h1-8H,(H,14,15,16,18). The predicted octanol–water partition coefficient (Wildman–Crippen LogP) is 1.38. The predicted molar refractivity (Wildman–Crippen MR) is 65.2 cm³/mol. The van der Waals surface area contributed by atoms with Crippen molar-refractivity contribution in [1.82, 2.24) is 19.4 Å². The smallest absolute Gasteiger partial charge is 0.259 e. The first-order valence-corrected chi connectivity index (χ1v) is 5.34. The molecule has 0 radical (unpaired) electrons. The van der Waals surface area contributed by atoms with E-state index in [9.17, 15) is 4.79 Å². The van der Waals surface area contributed by atoms with Gasteiger partial charge in [0.2, 0.25) is 5.95 Å². The number of amides is 1. The minimum Gasteiger partial charge on any atom is -0.306 e. The molecule has 0 aliphatic rings. The Kier molecular flexibility index (Phi) is 2.45. The summed E-state index contributed by atoms with van der Waals surface area (Å²) in [7, 11) is 0. The van der Waals surface area contributed by atoms with Crippen molar-refractivity contribution < 1.29 is 4.79 Å². The topological polar surface area (TPSA) is 72.2 Å². The van der Waals surface area contributed by atoms with Gasteiger partial charge >= 0.3 is 0 Å². The molecule has 0 aliphatic carbocycles. The molecule has 18 heavy (non-hydrogen) atoms. The van der Waals surface area contributed by atoms with Gasteiger partial charge in [0.25, 0.3) is 5.91 Å².